The number of cyclic esters (lactones) is 1. The van der Waals surface area contributed by atoms with Gasteiger partial charge in [0.1, 0.15) is 22.9 Å². The zero-order chi connectivity index (χ0) is 30.2. The summed E-state index contributed by atoms with van der Waals surface area (Å²) in [5.41, 5.74) is 0.541. The average Bonchev–Trinajstić information content (AvgIpc) is 3.76. The third-order valence-electron chi connectivity index (χ3n) is 9.31. The van der Waals surface area contributed by atoms with Crippen molar-refractivity contribution in [3.05, 3.63) is 59.4 Å². The summed E-state index contributed by atoms with van der Waals surface area (Å²) in [6.07, 6.45) is 2.64. The molecule has 0 spiro atoms. The summed E-state index contributed by atoms with van der Waals surface area (Å²) in [6, 6.07) is 11.8. The van der Waals surface area contributed by atoms with Gasteiger partial charge in [-0.15, -0.1) is 0 Å². The molecular weight excluding hydrogens is 540 g/mol. The lowest BCUT2D eigenvalue weighted by atomic mass is 9.79. The van der Waals surface area contributed by atoms with Crippen LogP contribution < -0.4 is 9.47 Å². The van der Waals surface area contributed by atoms with E-state index in [2.05, 4.69) is 0 Å². The predicted molar refractivity (Wildman–Crippen MR) is 156 cm³/mol. The van der Waals surface area contributed by atoms with Crippen molar-refractivity contribution < 1.29 is 32.6 Å². The molecule has 0 radical (unpaired) electrons. The predicted octanol–water partition coefficient (Wildman–Crippen LogP) is 7.80. The highest BCUT2D eigenvalue weighted by molar-refractivity contribution is 5.97. The maximum absolute atomic E-state index is 16.1. The molecular formula is C34H43F2NO5. The Balaban J connectivity index is 1.23. The van der Waals surface area contributed by atoms with Crippen molar-refractivity contribution in [3.63, 3.8) is 0 Å². The summed E-state index contributed by atoms with van der Waals surface area (Å²) < 4.78 is 47.6. The van der Waals surface area contributed by atoms with E-state index in [1.807, 2.05) is 38.1 Å². The van der Waals surface area contributed by atoms with E-state index >= 15 is 4.39 Å². The maximum Gasteiger partial charge on any atom is 0.417 e. The number of amides is 2. The zero-order valence-electron chi connectivity index (χ0n) is 25.3. The van der Waals surface area contributed by atoms with Crippen molar-refractivity contribution in [1.82, 2.24) is 4.90 Å². The lowest BCUT2D eigenvalue weighted by molar-refractivity contribution is -0.136. The molecule has 8 heteroatoms. The van der Waals surface area contributed by atoms with E-state index in [0.29, 0.717) is 35.2 Å². The van der Waals surface area contributed by atoms with Gasteiger partial charge in [-0.25, -0.2) is 18.5 Å². The fourth-order valence-corrected chi connectivity index (χ4v) is 7.14. The number of carbonyl (C=O) groups is 2. The Morgan fingerprint density at radius 3 is 2.40 bits per heavy atom. The zero-order valence-corrected chi connectivity index (χ0v) is 25.3. The van der Waals surface area contributed by atoms with Crippen LogP contribution in [0, 0.1) is 23.6 Å². The number of halogens is 2. The number of alkyl halides is 1. The molecule has 6 nitrogen and oxygen atoms in total. The summed E-state index contributed by atoms with van der Waals surface area (Å²) >= 11 is 0. The fourth-order valence-electron chi connectivity index (χ4n) is 7.14. The highest BCUT2D eigenvalue weighted by Crippen LogP contribution is 2.47. The van der Waals surface area contributed by atoms with Gasteiger partial charge >= 0.3 is 6.09 Å². The minimum Gasteiger partial charge on any atom is -0.497 e. The molecule has 2 amide bonds. The molecule has 3 fully saturated rings. The van der Waals surface area contributed by atoms with Crippen molar-refractivity contribution in [2.75, 3.05) is 13.7 Å². The van der Waals surface area contributed by atoms with Gasteiger partial charge in [-0.3, -0.25) is 4.79 Å². The van der Waals surface area contributed by atoms with Crippen LogP contribution in [0.25, 0.3) is 0 Å². The summed E-state index contributed by atoms with van der Waals surface area (Å²) in [6.45, 7) is 7.86. The first kappa shape index (κ1) is 30.3. The molecule has 0 aromatic heterocycles. The Morgan fingerprint density at radius 2 is 1.76 bits per heavy atom. The van der Waals surface area contributed by atoms with Crippen LogP contribution >= 0.6 is 0 Å². The highest BCUT2D eigenvalue weighted by atomic mass is 19.1. The summed E-state index contributed by atoms with van der Waals surface area (Å²) in [7, 11) is 1.59. The molecule has 1 heterocycles. The molecule has 5 rings (SSSR count). The van der Waals surface area contributed by atoms with Gasteiger partial charge in [-0.1, -0.05) is 26.0 Å². The van der Waals surface area contributed by atoms with Gasteiger partial charge in [0, 0.05) is 5.92 Å². The molecule has 3 unspecified atom stereocenters. The van der Waals surface area contributed by atoms with Gasteiger partial charge in [0.25, 0.3) is 5.91 Å². The number of rotatable bonds is 10. The number of imide groups is 1. The lowest BCUT2D eigenvalue weighted by Crippen LogP contribution is -2.51. The second-order valence-electron chi connectivity index (χ2n) is 13.1. The summed E-state index contributed by atoms with van der Waals surface area (Å²) in [4.78, 5) is 27.2. The van der Waals surface area contributed by atoms with Crippen LogP contribution in [0.4, 0.5) is 13.6 Å². The second kappa shape index (κ2) is 12.2. The Morgan fingerprint density at radius 1 is 1.05 bits per heavy atom. The van der Waals surface area contributed by atoms with Crippen molar-refractivity contribution in [2.24, 2.45) is 17.8 Å². The molecule has 228 valence electrons. The van der Waals surface area contributed by atoms with Gasteiger partial charge in [0.2, 0.25) is 0 Å². The Labute approximate surface area is 247 Å². The smallest absolute Gasteiger partial charge is 0.417 e. The van der Waals surface area contributed by atoms with Gasteiger partial charge < -0.3 is 14.2 Å². The molecule has 2 aromatic rings. The normalized spacial score (nSPS) is 25.2. The number of benzene rings is 2. The topological polar surface area (TPSA) is 65.1 Å². The van der Waals surface area contributed by atoms with Crippen molar-refractivity contribution in [2.45, 2.75) is 95.9 Å². The Hall–Kier alpha value is -3.16. The van der Waals surface area contributed by atoms with Gasteiger partial charge in [0.15, 0.2) is 6.17 Å². The van der Waals surface area contributed by atoms with E-state index in [-0.39, 0.29) is 23.6 Å². The van der Waals surface area contributed by atoms with Crippen LogP contribution in [0.5, 0.6) is 11.5 Å². The Bertz CT molecular complexity index is 1280. The van der Waals surface area contributed by atoms with E-state index in [9.17, 15) is 14.0 Å². The van der Waals surface area contributed by atoms with E-state index in [0.717, 1.165) is 43.4 Å². The van der Waals surface area contributed by atoms with Crippen LogP contribution in [0.2, 0.25) is 0 Å². The van der Waals surface area contributed by atoms with Gasteiger partial charge in [-0.2, -0.15) is 0 Å². The maximum atomic E-state index is 16.1. The average molecular weight is 584 g/mol. The van der Waals surface area contributed by atoms with Crippen LogP contribution in [0.15, 0.2) is 42.5 Å². The first-order valence-corrected chi connectivity index (χ1v) is 15.3. The number of hydrogen-bond acceptors (Lipinski definition) is 5. The third kappa shape index (κ3) is 6.28. The standard InChI is InChI=1S/C34H43F2NO5/c1-20(2)31-34(3,4)42-33(39)37(31)32(38)30(36)29(23-13-14-23)24-7-6-8-26(17-24)41-19-21-9-11-22(12-10-21)27-18-25(40-5)15-16-28(27)35/h6-8,15-18,20-23,29-31H,9-14,19H2,1-5H3. The van der Waals surface area contributed by atoms with Crippen molar-refractivity contribution in [3.8, 4) is 11.5 Å². The van der Waals surface area contributed by atoms with Crippen LogP contribution in [0.3, 0.4) is 0 Å². The molecule has 42 heavy (non-hydrogen) atoms. The number of nitrogens with zero attached hydrogens (tertiary/aromatic N) is 1. The molecule has 3 aliphatic rings. The lowest BCUT2D eigenvalue weighted by Gasteiger charge is -2.32. The van der Waals surface area contributed by atoms with E-state index in [4.69, 9.17) is 14.2 Å². The van der Waals surface area contributed by atoms with Gasteiger partial charge in [0.05, 0.1) is 19.8 Å². The SMILES string of the molecule is COc1ccc(F)c(C2CCC(COc3cccc(C(C4CC4)C(F)C(=O)N4C(=O)OC(C)(C)C4C(C)C)c3)CC2)c1. The Kier molecular flexibility index (Phi) is 8.81. The second-order valence-corrected chi connectivity index (χ2v) is 13.1. The minimum atomic E-state index is -1.86. The number of carbonyl (C=O) groups excluding carboxylic acids is 2. The molecule has 1 aliphatic heterocycles. The molecule has 2 aliphatic carbocycles. The molecule has 2 aromatic carbocycles. The molecule has 3 atom stereocenters. The van der Waals surface area contributed by atoms with Crippen LogP contribution in [0.1, 0.15) is 89.2 Å². The largest absolute Gasteiger partial charge is 0.497 e. The van der Waals surface area contributed by atoms with Crippen molar-refractivity contribution in [1.29, 1.82) is 0 Å². The van der Waals surface area contributed by atoms with Crippen LogP contribution in [-0.4, -0.2) is 48.4 Å². The first-order chi connectivity index (χ1) is 20.0. The van der Waals surface area contributed by atoms with E-state index < -0.39 is 35.7 Å². The molecule has 1 saturated heterocycles. The molecule has 2 saturated carbocycles. The van der Waals surface area contributed by atoms with Crippen LogP contribution in [-0.2, 0) is 9.53 Å². The highest BCUT2D eigenvalue weighted by Gasteiger charge is 2.55. The van der Waals surface area contributed by atoms with Gasteiger partial charge in [-0.05, 0) is 118 Å². The molecule has 0 N–H and O–H groups in total. The number of methoxy groups -OCH3 is 1. The minimum absolute atomic E-state index is 0.0376. The molecule has 0 bridgehead atoms. The fraction of sp³-hybridized carbons (Fsp3) is 0.588. The summed E-state index contributed by atoms with van der Waals surface area (Å²) in [5, 5.41) is 0. The number of hydrogen-bond donors (Lipinski definition) is 0. The third-order valence-corrected chi connectivity index (χ3v) is 9.31. The van der Waals surface area contributed by atoms with E-state index in [1.54, 1.807) is 33.1 Å². The van der Waals surface area contributed by atoms with E-state index in [1.165, 1.54) is 6.07 Å². The number of ether oxygens (including phenoxy) is 3. The quantitative estimate of drug-likeness (QED) is 0.286. The van der Waals surface area contributed by atoms with Crippen molar-refractivity contribution >= 4 is 12.0 Å². The summed E-state index contributed by atoms with van der Waals surface area (Å²) in [5.74, 6) is 0.0991. The first-order valence-electron chi connectivity index (χ1n) is 15.3. The monoisotopic (exact) mass is 583 g/mol.